The van der Waals surface area contributed by atoms with E-state index in [1.165, 1.54) is 23.9 Å². The Morgan fingerprint density at radius 1 is 1.05 bits per heavy atom. The van der Waals surface area contributed by atoms with Crippen molar-refractivity contribution in [2.45, 2.75) is 9.79 Å². The van der Waals surface area contributed by atoms with Gasteiger partial charge in [-0.15, -0.1) is 11.8 Å². The summed E-state index contributed by atoms with van der Waals surface area (Å²) in [6, 6.07) is 15.8. The van der Waals surface area contributed by atoms with Crippen LogP contribution in [0.2, 0.25) is 0 Å². The first-order valence-electron chi connectivity index (χ1n) is 6.34. The Morgan fingerprint density at radius 3 is 2.24 bits per heavy atom. The van der Waals surface area contributed by atoms with Gasteiger partial charge in [0, 0.05) is 16.2 Å². The molecule has 6 heteroatoms. The lowest BCUT2D eigenvalue weighted by Gasteiger charge is -2.06. The SMILES string of the molecule is N=C(N)c1ccc(S(=O)(=O)CCSc2ccccc2)cc1. The number of benzene rings is 2. The summed E-state index contributed by atoms with van der Waals surface area (Å²) < 4.78 is 24.4. The minimum Gasteiger partial charge on any atom is -0.384 e. The molecule has 0 amide bonds. The van der Waals surface area contributed by atoms with Gasteiger partial charge in [-0.25, -0.2) is 8.42 Å². The van der Waals surface area contributed by atoms with Gasteiger partial charge in [0.25, 0.3) is 0 Å². The topological polar surface area (TPSA) is 84.0 Å². The van der Waals surface area contributed by atoms with Crippen LogP contribution < -0.4 is 5.73 Å². The predicted molar refractivity (Wildman–Crippen MR) is 86.7 cm³/mol. The van der Waals surface area contributed by atoms with Crippen molar-refractivity contribution in [1.82, 2.24) is 0 Å². The fourth-order valence-electron chi connectivity index (χ4n) is 1.75. The van der Waals surface area contributed by atoms with Crippen LogP contribution in [0.5, 0.6) is 0 Å². The third-order valence-corrected chi connectivity index (χ3v) is 5.89. The molecule has 0 aromatic heterocycles. The maximum atomic E-state index is 12.2. The zero-order chi connectivity index (χ0) is 15.3. The second-order valence-corrected chi connectivity index (χ2v) is 7.70. The quantitative estimate of drug-likeness (QED) is 0.487. The van der Waals surface area contributed by atoms with E-state index < -0.39 is 9.84 Å². The average Bonchev–Trinajstić information content (AvgIpc) is 2.48. The molecule has 0 saturated heterocycles. The number of sulfone groups is 1. The molecule has 0 spiro atoms. The first kappa shape index (κ1) is 15.6. The highest BCUT2D eigenvalue weighted by atomic mass is 32.2. The van der Waals surface area contributed by atoms with Crippen LogP contribution in [0, 0.1) is 5.41 Å². The summed E-state index contributed by atoms with van der Waals surface area (Å²) in [7, 11) is -3.31. The fourth-order valence-corrected chi connectivity index (χ4v) is 4.33. The van der Waals surface area contributed by atoms with Crippen LogP contribution in [0.15, 0.2) is 64.4 Å². The molecule has 2 aromatic carbocycles. The Hall–Kier alpha value is -1.79. The zero-order valence-electron chi connectivity index (χ0n) is 11.3. The minimum absolute atomic E-state index is 0.0708. The average molecular weight is 320 g/mol. The Morgan fingerprint density at radius 2 is 1.67 bits per heavy atom. The molecule has 0 aliphatic carbocycles. The first-order chi connectivity index (χ1) is 9.99. The Labute approximate surface area is 128 Å². The van der Waals surface area contributed by atoms with E-state index in [-0.39, 0.29) is 16.5 Å². The van der Waals surface area contributed by atoms with Gasteiger partial charge in [-0.1, -0.05) is 30.3 Å². The molecule has 0 unspecified atom stereocenters. The summed E-state index contributed by atoms with van der Waals surface area (Å²) >= 11 is 1.52. The highest BCUT2D eigenvalue weighted by Gasteiger charge is 2.14. The Bertz CT molecular complexity index is 711. The van der Waals surface area contributed by atoms with Crippen LogP contribution in [0.3, 0.4) is 0 Å². The highest BCUT2D eigenvalue weighted by molar-refractivity contribution is 8.00. The highest BCUT2D eigenvalue weighted by Crippen LogP contribution is 2.19. The maximum absolute atomic E-state index is 12.2. The molecule has 2 aromatic rings. The van der Waals surface area contributed by atoms with Crippen molar-refractivity contribution in [2.24, 2.45) is 5.73 Å². The van der Waals surface area contributed by atoms with Gasteiger partial charge < -0.3 is 5.73 Å². The maximum Gasteiger partial charge on any atom is 0.179 e. The van der Waals surface area contributed by atoms with Crippen LogP contribution in [0.25, 0.3) is 0 Å². The van der Waals surface area contributed by atoms with Crippen LogP contribution >= 0.6 is 11.8 Å². The molecule has 0 radical (unpaired) electrons. The van der Waals surface area contributed by atoms with Crippen LogP contribution in [-0.2, 0) is 9.84 Å². The molecule has 0 fully saturated rings. The third kappa shape index (κ3) is 4.34. The largest absolute Gasteiger partial charge is 0.384 e. The number of rotatable bonds is 6. The molecule has 110 valence electrons. The summed E-state index contributed by atoms with van der Waals surface area (Å²) in [5, 5.41) is 7.29. The number of amidine groups is 1. The first-order valence-corrected chi connectivity index (χ1v) is 8.98. The van der Waals surface area contributed by atoms with Gasteiger partial charge in [-0.3, -0.25) is 5.41 Å². The van der Waals surface area contributed by atoms with Crippen molar-refractivity contribution in [3.05, 3.63) is 60.2 Å². The van der Waals surface area contributed by atoms with Gasteiger partial charge in [0.2, 0.25) is 0 Å². The van der Waals surface area contributed by atoms with Crippen molar-refractivity contribution in [2.75, 3.05) is 11.5 Å². The molecule has 3 N–H and O–H groups in total. The van der Waals surface area contributed by atoms with Crippen LogP contribution in [0.4, 0.5) is 0 Å². The number of hydrogen-bond donors (Lipinski definition) is 2. The van der Waals surface area contributed by atoms with E-state index in [4.69, 9.17) is 11.1 Å². The standard InChI is InChI=1S/C15H16N2O2S2/c16-15(17)12-6-8-14(9-7-12)21(18,19)11-10-20-13-4-2-1-3-5-13/h1-9H,10-11H2,(H3,16,17). The summed E-state index contributed by atoms with van der Waals surface area (Å²) in [4.78, 5) is 1.32. The van der Waals surface area contributed by atoms with Crippen molar-refractivity contribution in [3.8, 4) is 0 Å². The van der Waals surface area contributed by atoms with E-state index >= 15 is 0 Å². The molecule has 4 nitrogen and oxygen atoms in total. The van der Waals surface area contributed by atoms with E-state index in [0.29, 0.717) is 11.3 Å². The monoisotopic (exact) mass is 320 g/mol. The molecule has 0 heterocycles. The number of thioether (sulfide) groups is 1. The molecule has 0 atom stereocenters. The fraction of sp³-hybridized carbons (Fsp3) is 0.133. The lowest BCUT2D eigenvalue weighted by Crippen LogP contribution is -2.12. The minimum atomic E-state index is -3.31. The lowest BCUT2D eigenvalue weighted by molar-refractivity contribution is 0.597. The van der Waals surface area contributed by atoms with E-state index in [0.717, 1.165) is 4.90 Å². The summed E-state index contributed by atoms with van der Waals surface area (Å²) in [6.45, 7) is 0. The number of nitrogens with two attached hydrogens (primary N) is 1. The van der Waals surface area contributed by atoms with Crippen molar-refractivity contribution >= 4 is 27.4 Å². The van der Waals surface area contributed by atoms with Gasteiger partial charge in [0.05, 0.1) is 10.6 Å². The number of nitrogen functional groups attached to an aromatic ring is 1. The Kier molecular flexibility index (Phi) is 5.03. The van der Waals surface area contributed by atoms with Gasteiger partial charge >= 0.3 is 0 Å². The third-order valence-electron chi connectivity index (χ3n) is 2.89. The van der Waals surface area contributed by atoms with E-state index in [2.05, 4.69) is 0 Å². The van der Waals surface area contributed by atoms with Gasteiger partial charge in [0.1, 0.15) is 5.84 Å². The zero-order valence-corrected chi connectivity index (χ0v) is 13.0. The molecular formula is C15H16N2O2S2. The smallest absolute Gasteiger partial charge is 0.179 e. The van der Waals surface area contributed by atoms with E-state index in [1.807, 2.05) is 30.3 Å². The summed E-state index contributed by atoms with van der Waals surface area (Å²) in [5.74, 6) is 0.505. The van der Waals surface area contributed by atoms with Gasteiger partial charge in [-0.2, -0.15) is 0 Å². The summed E-state index contributed by atoms with van der Waals surface area (Å²) in [6.07, 6.45) is 0. The summed E-state index contributed by atoms with van der Waals surface area (Å²) in [5.41, 5.74) is 5.87. The van der Waals surface area contributed by atoms with E-state index in [9.17, 15) is 8.42 Å². The second-order valence-electron chi connectivity index (χ2n) is 4.42. The van der Waals surface area contributed by atoms with Gasteiger partial charge in [0.15, 0.2) is 9.84 Å². The van der Waals surface area contributed by atoms with Gasteiger partial charge in [-0.05, 0) is 24.3 Å². The number of nitrogens with one attached hydrogen (secondary N) is 1. The van der Waals surface area contributed by atoms with Crippen molar-refractivity contribution in [3.63, 3.8) is 0 Å². The number of hydrogen-bond acceptors (Lipinski definition) is 4. The lowest BCUT2D eigenvalue weighted by atomic mass is 10.2. The normalized spacial score (nSPS) is 11.2. The van der Waals surface area contributed by atoms with E-state index in [1.54, 1.807) is 12.1 Å². The second kappa shape index (κ2) is 6.78. The molecule has 2 rings (SSSR count). The molecular weight excluding hydrogens is 304 g/mol. The molecule has 0 bridgehead atoms. The van der Waals surface area contributed by atoms with Crippen LogP contribution in [-0.4, -0.2) is 25.8 Å². The molecule has 0 aliphatic rings. The Balaban J connectivity index is 2.00. The molecule has 21 heavy (non-hydrogen) atoms. The molecule has 0 aliphatic heterocycles. The van der Waals surface area contributed by atoms with Crippen LogP contribution in [0.1, 0.15) is 5.56 Å². The van der Waals surface area contributed by atoms with Crippen molar-refractivity contribution in [1.29, 1.82) is 5.41 Å². The van der Waals surface area contributed by atoms with Crippen molar-refractivity contribution < 1.29 is 8.42 Å². The predicted octanol–water partition coefficient (Wildman–Crippen LogP) is 2.54. The molecule has 0 saturated carbocycles.